The molecule has 1 saturated heterocycles. The van der Waals surface area contributed by atoms with Crippen molar-refractivity contribution < 1.29 is 9.53 Å². The molecule has 6 heteroatoms. The van der Waals surface area contributed by atoms with Crippen molar-refractivity contribution in [3.63, 3.8) is 0 Å². The van der Waals surface area contributed by atoms with E-state index in [9.17, 15) is 4.79 Å². The van der Waals surface area contributed by atoms with E-state index in [0.29, 0.717) is 18.1 Å². The molecule has 0 aromatic rings. The molecular weight excluding hydrogens is 238 g/mol. The van der Waals surface area contributed by atoms with Crippen molar-refractivity contribution in [3.8, 4) is 0 Å². The number of nitrogens with one attached hydrogen (secondary N) is 1. The summed E-state index contributed by atoms with van der Waals surface area (Å²) in [5.41, 5.74) is 5.47. The third-order valence-corrected chi connectivity index (χ3v) is 2.91. The van der Waals surface area contributed by atoms with E-state index in [-0.39, 0.29) is 11.9 Å². The first-order chi connectivity index (χ1) is 8.11. The Morgan fingerprint density at radius 1 is 1.47 bits per heavy atom. The van der Waals surface area contributed by atoms with Crippen LogP contribution < -0.4 is 11.1 Å². The highest BCUT2D eigenvalue weighted by molar-refractivity contribution is 7.80. The van der Waals surface area contributed by atoms with Crippen molar-refractivity contribution in [2.75, 3.05) is 32.8 Å². The molecule has 1 aliphatic heterocycles. The molecular formula is C11H21N3O2S. The molecule has 0 radical (unpaired) electrons. The SMILES string of the molecule is CCN(CC(=O)NC1CCOCC1)CC(N)=S. The van der Waals surface area contributed by atoms with Crippen LogP contribution in [0.5, 0.6) is 0 Å². The summed E-state index contributed by atoms with van der Waals surface area (Å²) in [6.45, 7) is 5.06. The molecule has 3 N–H and O–H groups in total. The molecule has 98 valence electrons. The van der Waals surface area contributed by atoms with Crippen LogP contribution >= 0.6 is 12.2 Å². The highest BCUT2D eigenvalue weighted by Gasteiger charge is 2.17. The molecule has 1 amide bonds. The molecule has 1 aliphatic rings. The maximum absolute atomic E-state index is 11.8. The van der Waals surface area contributed by atoms with Crippen LogP contribution in [0.25, 0.3) is 0 Å². The number of ether oxygens (including phenoxy) is 1. The van der Waals surface area contributed by atoms with Gasteiger partial charge in [0.2, 0.25) is 5.91 Å². The second kappa shape index (κ2) is 7.58. The van der Waals surface area contributed by atoms with Gasteiger partial charge < -0.3 is 15.8 Å². The standard InChI is InChI=1S/C11H21N3O2S/c1-2-14(7-10(12)17)8-11(15)13-9-3-5-16-6-4-9/h9H,2-8H2,1H3,(H2,12,17)(H,13,15). The van der Waals surface area contributed by atoms with E-state index in [4.69, 9.17) is 22.7 Å². The number of carbonyl (C=O) groups excluding carboxylic acids is 1. The monoisotopic (exact) mass is 259 g/mol. The van der Waals surface area contributed by atoms with Gasteiger partial charge in [-0.25, -0.2) is 0 Å². The Hall–Kier alpha value is -0.720. The van der Waals surface area contributed by atoms with Crippen LogP contribution in [-0.2, 0) is 9.53 Å². The highest BCUT2D eigenvalue weighted by atomic mass is 32.1. The van der Waals surface area contributed by atoms with Gasteiger partial charge in [0, 0.05) is 25.8 Å². The fourth-order valence-corrected chi connectivity index (χ4v) is 2.00. The molecule has 0 bridgehead atoms. The number of amides is 1. The zero-order valence-electron chi connectivity index (χ0n) is 10.3. The number of thiocarbonyl (C=S) groups is 1. The first-order valence-electron chi connectivity index (χ1n) is 5.99. The summed E-state index contributed by atoms with van der Waals surface area (Å²) in [6.07, 6.45) is 1.79. The molecule has 0 aromatic carbocycles. The summed E-state index contributed by atoms with van der Waals surface area (Å²) in [7, 11) is 0. The molecule has 0 unspecified atom stereocenters. The van der Waals surface area contributed by atoms with Crippen LogP contribution in [0.1, 0.15) is 19.8 Å². The molecule has 1 heterocycles. The van der Waals surface area contributed by atoms with Crippen molar-refractivity contribution in [3.05, 3.63) is 0 Å². The Labute approximate surface area is 108 Å². The van der Waals surface area contributed by atoms with Gasteiger partial charge in [0.15, 0.2) is 0 Å². The van der Waals surface area contributed by atoms with Crippen molar-refractivity contribution in [1.82, 2.24) is 10.2 Å². The molecule has 0 atom stereocenters. The molecule has 1 rings (SSSR count). The number of hydrogen-bond donors (Lipinski definition) is 2. The van der Waals surface area contributed by atoms with Gasteiger partial charge >= 0.3 is 0 Å². The molecule has 1 fully saturated rings. The Balaban J connectivity index is 2.28. The lowest BCUT2D eigenvalue weighted by molar-refractivity contribution is -0.123. The van der Waals surface area contributed by atoms with E-state index in [2.05, 4.69) is 5.32 Å². The lowest BCUT2D eigenvalue weighted by Gasteiger charge is -2.25. The summed E-state index contributed by atoms with van der Waals surface area (Å²) >= 11 is 4.84. The van der Waals surface area contributed by atoms with E-state index < -0.39 is 0 Å². The van der Waals surface area contributed by atoms with Crippen LogP contribution in [0.15, 0.2) is 0 Å². The van der Waals surface area contributed by atoms with Gasteiger partial charge in [0.25, 0.3) is 0 Å². The Bertz CT molecular complexity index is 267. The first kappa shape index (κ1) is 14.3. The summed E-state index contributed by atoms with van der Waals surface area (Å²) in [4.78, 5) is 14.1. The number of nitrogens with two attached hydrogens (primary N) is 1. The lowest BCUT2D eigenvalue weighted by Crippen LogP contribution is -2.45. The average Bonchev–Trinajstić information content (AvgIpc) is 2.28. The lowest BCUT2D eigenvalue weighted by atomic mass is 10.1. The van der Waals surface area contributed by atoms with Crippen LogP contribution in [0.3, 0.4) is 0 Å². The Kier molecular flexibility index (Phi) is 6.39. The maximum Gasteiger partial charge on any atom is 0.234 e. The summed E-state index contributed by atoms with van der Waals surface area (Å²) in [5.74, 6) is 0.0370. The maximum atomic E-state index is 11.8. The van der Waals surface area contributed by atoms with Crippen molar-refractivity contribution >= 4 is 23.1 Å². The summed E-state index contributed by atoms with van der Waals surface area (Å²) in [6, 6.07) is 0.250. The predicted molar refractivity (Wildman–Crippen MR) is 70.9 cm³/mol. The van der Waals surface area contributed by atoms with Gasteiger partial charge in [-0.1, -0.05) is 19.1 Å². The smallest absolute Gasteiger partial charge is 0.234 e. The van der Waals surface area contributed by atoms with E-state index in [1.165, 1.54) is 0 Å². The zero-order chi connectivity index (χ0) is 12.7. The zero-order valence-corrected chi connectivity index (χ0v) is 11.1. The van der Waals surface area contributed by atoms with Crippen molar-refractivity contribution in [2.45, 2.75) is 25.8 Å². The normalized spacial score (nSPS) is 17.1. The quantitative estimate of drug-likeness (QED) is 0.652. The molecule has 0 saturated carbocycles. The minimum Gasteiger partial charge on any atom is -0.392 e. The van der Waals surface area contributed by atoms with Gasteiger partial charge in [-0.15, -0.1) is 0 Å². The predicted octanol–water partition coefficient (Wildman–Crippen LogP) is -0.110. The second-order valence-electron chi connectivity index (χ2n) is 4.22. The van der Waals surface area contributed by atoms with Crippen LogP contribution in [-0.4, -0.2) is 54.7 Å². The topological polar surface area (TPSA) is 67.6 Å². The Morgan fingerprint density at radius 2 is 2.12 bits per heavy atom. The average molecular weight is 259 g/mol. The molecule has 17 heavy (non-hydrogen) atoms. The van der Waals surface area contributed by atoms with Gasteiger partial charge in [-0.2, -0.15) is 0 Å². The third kappa shape index (κ3) is 5.95. The van der Waals surface area contributed by atoms with Crippen molar-refractivity contribution in [2.24, 2.45) is 5.73 Å². The Morgan fingerprint density at radius 3 is 2.65 bits per heavy atom. The highest BCUT2D eigenvalue weighted by Crippen LogP contribution is 2.05. The van der Waals surface area contributed by atoms with E-state index in [0.717, 1.165) is 32.6 Å². The third-order valence-electron chi connectivity index (χ3n) is 2.78. The number of nitrogens with zero attached hydrogens (tertiary/aromatic N) is 1. The largest absolute Gasteiger partial charge is 0.392 e. The van der Waals surface area contributed by atoms with Gasteiger partial charge in [-0.3, -0.25) is 9.69 Å². The van der Waals surface area contributed by atoms with Crippen molar-refractivity contribution in [1.29, 1.82) is 0 Å². The van der Waals surface area contributed by atoms with Gasteiger partial charge in [-0.05, 0) is 19.4 Å². The van der Waals surface area contributed by atoms with Crippen LogP contribution in [0.4, 0.5) is 0 Å². The van der Waals surface area contributed by atoms with Gasteiger partial charge in [0.05, 0.1) is 11.5 Å². The number of carbonyl (C=O) groups is 1. The summed E-state index contributed by atoms with van der Waals surface area (Å²) in [5, 5.41) is 3.01. The number of likely N-dealkylation sites (N-methyl/N-ethyl adjacent to an activating group) is 1. The van der Waals surface area contributed by atoms with E-state index in [1.807, 2.05) is 11.8 Å². The fourth-order valence-electron chi connectivity index (χ4n) is 1.82. The molecule has 5 nitrogen and oxygen atoms in total. The number of hydrogen-bond acceptors (Lipinski definition) is 4. The van der Waals surface area contributed by atoms with Gasteiger partial charge in [0.1, 0.15) is 0 Å². The van der Waals surface area contributed by atoms with E-state index in [1.54, 1.807) is 0 Å². The minimum absolute atomic E-state index is 0.0370. The first-order valence-corrected chi connectivity index (χ1v) is 6.40. The van der Waals surface area contributed by atoms with Crippen LogP contribution in [0, 0.1) is 0 Å². The summed E-state index contributed by atoms with van der Waals surface area (Å²) < 4.78 is 5.24. The number of rotatable bonds is 6. The van der Waals surface area contributed by atoms with E-state index >= 15 is 0 Å². The fraction of sp³-hybridized carbons (Fsp3) is 0.818. The molecule has 0 spiro atoms. The van der Waals surface area contributed by atoms with Crippen LogP contribution in [0.2, 0.25) is 0 Å². The second-order valence-corrected chi connectivity index (χ2v) is 4.75. The minimum atomic E-state index is 0.0370. The molecule has 0 aromatic heterocycles. The molecule has 0 aliphatic carbocycles.